The Balaban J connectivity index is 2.08. The Hall–Kier alpha value is -2.94. The zero-order chi connectivity index (χ0) is 24.7. The Morgan fingerprint density at radius 2 is 1.64 bits per heavy atom. The molecule has 1 saturated heterocycles. The summed E-state index contributed by atoms with van der Waals surface area (Å²) in [6, 6.07) is 5.92. The summed E-state index contributed by atoms with van der Waals surface area (Å²) in [6.45, 7) is 7.41. The van der Waals surface area contributed by atoms with E-state index in [0.29, 0.717) is 25.8 Å². The highest BCUT2D eigenvalue weighted by Gasteiger charge is 2.40. The summed E-state index contributed by atoms with van der Waals surface area (Å²) < 4.78 is 0. The normalized spacial score (nSPS) is 18.6. The van der Waals surface area contributed by atoms with Gasteiger partial charge in [0.05, 0.1) is 6.04 Å². The summed E-state index contributed by atoms with van der Waals surface area (Å²) in [6.07, 6.45) is 1.40. The maximum absolute atomic E-state index is 13.3. The maximum Gasteiger partial charge on any atom is 0.326 e. The fraction of sp³-hybridized carbons (Fsp3) is 0.583. The first kappa shape index (κ1) is 26.3. The summed E-state index contributed by atoms with van der Waals surface area (Å²) >= 11 is 0. The molecule has 1 aliphatic rings. The number of carbonyl (C=O) groups excluding carboxylic acids is 3. The van der Waals surface area contributed by atoms with E-state index in [9.17, 15) is 24.3 Å². The summed E-state index contributed by atoms with van der Waals surface area (Å²) in [4.78, 5) is 51.8. The number of carboxylic acids is 1. The smallest absolute Gasteiger partial charge is 0.326 e. The number of benzene rings is 1. The van der Waals surface area contributed by atoms with Gasteiger partial charge in [-0.05, 0) is 36.7 Å². The van der Waals surface area contributed by atoms with Crippen LogP contribution in [-0.2, 0) is 25.6 Å². The zero-order valence-corrected chi connectivity index (χ0v) is 19.8. The molecule has 0 aliphatic carbocycles. The lowest BCUT2D eigenvalue weighted by molar-refractivity contribution is -0.146. The van der Waals surface area contributed by atoms with Crippen LogP contribution in [0, 0.1) is 11.8 Å². The molecule has 33 heavy (non-hydrogen) atoms. The molecule has 1 fully saturated rings. The Kier molecular flexibility index (Phi) is 9.40. The SMILES string of the molecule is CC(C)C(NC(=O)C1CCCN1C(=O)C(NC(=O)C(N)Cc1ccccc1)C(C)C)C(=O)O. The van der Waals surface area contributed by atoms with Crippen molar-refractivity contribution in [1.82, 2.24) is 15.5 Å². The van der Waals surface area contributed by atoms with E-state index >= 15 is 0 Å². The Morgan fingerprint density at radius 3 is 2.18 bits per heavy atom. The minimum Gasteiger partial charge on any atom is -0.480 e. The van der Waals surface area contributed by atoms with Crippen LogP contribution in [0.5, 0.6) is 0 Å². The van der Waals surface area contributed by atoms with Crippen molar-refractivity contribution in [2.24, 2.45) is 17.6 Å². The van der Waals surface area contributed by atoms with Crippen molar-refractivity contribution in [3.05, 3.63) is 35.9 Å². The number of rotatable bonds is 10. The van der Waals surface area contributed by atoms with Gasteiger partial charge in [0.25, 0.3) is 0 Å². The van der Waals surface area contributed by atoms with Crippen molar-refractivity contribution in [3.63, 3.8) is 0 Å². The van der Waals surface area contributed by atoms with E-state index in [4.69, 9.17) is 5.73 Å². The molecule has 0 aromatic heterocycles. The molecule has 3 amide bonds. The van der Waals surface area contributed by atoms with Gasteiger partial charge in [0.2, 0.25) is 17.7 Å². The number of aliphatic carboxylic acids is 1. The number of amides is 3. The predicted octanol–water partition coefficient (Wildman–Crippen LogP) is 0.914. The van der Waals surface area contributed by atoms with Gasteiger partial charge in [-0.2, -0.15) is 0 Å². The molecule has 9 heteroatoms. The predicted molar refractivity (Wildman–Crippen MR) is 124 cm³/mol. The van der Waals surface area contributed by atoms with Gasteiger partial charge in [0.15, 0.2) is 0 Å². The summed E-state index contributed by atoms with van der Waals surface area (Å²) in [5.74, 6) is -2.93. The lowest BCUT2D eigenvalue weighted by atomic mass is 10.00. The first-order valence-corrected chi connectivity index (χ1v) is 11.5. The van der Waals surface area contributed by atoms with Crippen molar-refractivity contribution < 1.29 is 24.3 Å². The molecule has 0 saturated carbocycles. The first-order chi connectivity index (χ1) is 15.5. The molecular weight excluding hydrogens is 424 g/mol. The lowest BCUT2D eigenvalue weighted by Crippen LogP contribution is -2.58. The zero-order valence-electron chi connectivity index (χ0n) is 19.8. The average Bonchev–Trinajstić information content (AvgIpc) is 3.25. The second-order valence-electron chi connectivity index (χ2n) is 9.28. The standard InChI is InChI=1S/C24H36N4O5/c1-14(2)19(26-21(29)17(25)13-16-9-6-5-7-10-16)23(31)28-12-8-11-18(28)22(30)27-20(15(3)4)24(32)33/h5-7,9-10,14-15,17-20H,8,11-13,25H2,1-4H3,(H,26,29)(H,27,30)(H,32,33). The number of carboxylic acid groups (broad SMARTS) is 1. The number of hydrogen-bond donors (Lipinski definition) is 4. The van der Waals surface area contributed by atoms with Gasteiger partial charge >= 0.3 is 5.97 Å². The highest BCUT2D eigenvalue weighted by Crippen LogP contribution is 2.21. The highest BCUT2D eigenvalue weighted by atomic mass is 16.4. The molecule has 1 aromatic carbocycles. The van der Waals surface area contributed by atoms with Crippen LogP contribution in [0.25, 0.3) is 0 Å². The number of nitrogens with zero attached hydrogens (tertiary/aromatic N) is 1. The molecule has 1 heterocycles. The van der Waals surface area contributed by atoms with Crippen molar-refractivity contribution in [2.75, 3.05) is 6.54 Å². The second kappa shape index (κ2) is 11.8. The molecule has 2 rings (SSSR count). The monoisotopic (exact) mass is 460 g/mol. The van der Waals surface area contributed by atoms with E-state index in [0.717, 1.165) is 5.56 Å². The fourth-order valence-corrected chi connectivity index (χ4v) is 3.98. The minimum atomic E-state index is -1.12. The molecule has 0 spiro atoms. The molecule has 0 bridgehead atoms. The number of likely N-dealkylation sites (tertiary alicyclic amines) is 1. The van der Waals surface area contributed by atoms with Gasteiger partial charge in [0, 0.05) is 6.54 Å². The quantitative estimate of drug-likeness (QED) is 0.409. The minimum absolute atomic E-state index is 0.225. The van der Waals surface area contributed by atoms with E-state index in [1.165, 1.54) is 4.90 Å². The summed E-state index contributed by atoms with van der Waals surface area (Å²) in [7, 11) is 0. The maximum atomic E-state index is 13.3. The summed E-state index contributed by atoms with van der Waals surface area (Å²) in [5, 5.41) is 14.7. The van der Waals surface area contributed by atoms with Gasteiger partial charge < -0.3 is 26.4 Å². The molecule has 182 valence electrons. The molecule has 9 nitrogen and oxygen atoms in total. The van der Waals surface area contributed by atoms with Crippen LogP contribution in [0.15, 0.2) is 30.3 Å². The third-order valence-corrected chi connectivity index (χ3v) is 5.93. The lowest BCUT2D eigenvalue weighted by Gasteiger charge is -2.31. The van der Waals surface area contributed by atoms with E-state index < -0.39 is 42.0 Å². The Bertz CT molecular complexity index is 843. The molecule has 1 aliphatic heterocycles. The van der Waals surface area contributed by atoms with Crippen LogP contribution in [0.1, 0.15) is 46.1 Å². The van der Waals surface area contributed by atoms with Crippen molar-refractivity contribution in [2.45, 2.75) is 71.1 Å². The Morgan fingerprint density at radius 1 is 1.03 bits per heavy atom. The van der Waals surface area contributed by atoms with Crippen LogP contribution < -0.4 is 16.4 Å². The van der Waals surface area contributed by atoms with Gasteiger partial charge in [-0.1, -0.05) is 58.0 Å². The largest absolute Gasteiger partial charge is 0.480 e. The van der Waals surface area contributed by atoms with Gasteiger partial charge in [-0.25, -0.2) is 4.79 Å². The third kappa shape index (κ3) is 7.02. The number of hydrogen-bond acceptors (Lipinski definition) is 5. The first-order valence-electron chi connectivity index (χ1n) is 11.5. The van der Waals surface area contributed by atoms with Crippen LogP contribution >= 0.6 is 0 Å². The van der Waals surface area contributed by atoms with E-state index in [2.05, 4.69) is 10.6 Å². The van der Waals surface area contributed by atoms with Crippen molar-refractivity contribution in [1.29, 1.82) is 0 Å². The second-order valence-corrected chi connectivity index (χ2v) is 9.28. The Labute approximate surface area is 195 Å². The van der Waals surface area contributed by atoms with E-state index in [1.54, 1.807) is 13.8 Å². The van der Waals surface area contributed by atoms with Crippen LogP contribution in [0.3, 0.4) is 0 Å². The molecule has 4 atom stereocenters. The summed E-state index contributed by atoms with van der Waals surface area (Å²) in [5.41, 5.74) is 7.00. The van der Waals surface area contributed by atoms with Gasteiger partial charge in [0.1, 0.15) is 18.1 Å². The van der Waals surface area contributed by atoms with E-state index in [-0.39, 0.29) is 17.7 Å². The third-order valence-electron chi connectivity index (χ3n) is 5.93. The molecular formula is C24H36N4O5. The molecule has 5 N–H and O–H groups in total. The van der Waals surface area contributed by atoms with Crippen LogP contribution in [-0.4, -0.2) is 64.4 Å². The molecule has 0 radical (unpaired) electrons. The number of nitrogens with two attached hydrogens (primary N) is 1. The average molecular weight is 461 g/mol. The highest BCUT2D eigenvalue weighted by molar-refractivity contribution is 5.94. The molecule has 1 aromatic rings. The van der Waals surface area contributed by atoms with Gasteiger partial charge in [-0.15, -0.1) is 0 Å². The van der Waals surface area contributed by atoms with Crippen molar-refractivity contribution in [3.8, 4) is 0 Å². The van der Waals surface area contributed by atoms with Crippen LogP contribution in [0.2, 0.25) is 0 Å². The number of nitrogens with one attached hydrogen (secondary N) is 2. The van der Waals surface area contributed by atoms with Crippen molar-refractivity contribution >= 4 is 23.7 Å². The molecule has 4 unspecified atom stereocenters. The topological polar surface area (TPSA) is 142 Å². The number of carbonyl (C=O) groups is 4. The van der Waals surface area contributed by atoms with Gasteiger partial charge in [-0.3, -0.25) is 14.4 Å². The van der Waals surface area contributed by atoms with E-state index in [1.807, 2.05) is 44.2 Å². The van der Waals surface area contributed by atoms with Crippen LogP contribution in [0.4, 0.5) is 0 Å². The fourth-order valence-electron chi connectivity index (χ4n) is 3.98.